The lowest BCUT2D eigenvalue weighted by Crippen LogP contribution is -2.36. The van der Waals surface area contributed by atoms with Crippen LogP contribution in [-0.4, -0.2) is 196 Å². The predicted octanol–water partition coefficient (Wildman–Crippen LogP) is 9.08. The molecule has 8 aliphatic rings. The first-order chi connectivity index (χ1) is 58.8. The molecule has 0 aromatic carbocycles. The Morgan fingerprint density at radius 1 is 0.463 bits per heavy atom. The maximum absolute atomic E-state index is 12.6. The molecule has 2 N–H and O–H groups in total. The van der Waals surface area contributed by atoms with Gasteiger partial charge in [-0.05, 0) is 169 Å². The molecule has 0 spiro atoms. The molecule has 4 saturated heterocycles. The van der Waals surface area contributed by atoms with Gasteiger partial charge in [0.15, 0.2) is 23.3 Å². The van der Waals surface area contributed by atoms with Gasteiger partial charge in [-0.1, -0.05) is 43.8 Å². The number of amides is 2. The number of rotatable bonds is 12. The SMILES string of the molecule is CC(C)(C)OC(=O)N1C[C@@H]2C(c3noc(CCl)n3)[C@@H]2C1.CC(C)(C)OC(=O)N1C[C@@H]2C(c3noc(Cn4ncc5ncccc5c4=O)n3)[C@@H]2C1.Cl.Fc1cc(Cl)ccn1.O=c1[nH]ncc2ncccc12.O=c1c2cccnc2cnn1Cc1nc(C2[C@H]3CN(c4cc(Cl)ccn4)C[C@@H]23)no1.O=c1c2cccnc2cnn1Cc1nc(C2[C@H]3CNC[C@@H]23)no1. The van der Waals surface area contributed by atoms with Crippen molar-refractivity contribution >= 4 is 109 Å². The summed E-state index contributed by atoms with van der Waals surface area (Å²) in [6.07, 6.45) is 15.3. The molecule has 2 amide bonds. The zero-order chi connectivity index (χ0) is 84.8. The van der Waals surface area contributed by atoms with E-state index in [1.54, 1.807) is 114 Å². The summed E-state index contributed by atoms with van der Waals surface area (Å²) < 4.78 is 47.8. The van der Waals surface area contributed by atoms with Crippen LogP contribution in [0.2, 0.25) is 10.0 Å². The molecule has 636 valence electrons. The lowest BCUT2D eigenvalue weighted by Gasteiger charge is -2.25. The molecule has 43 heteroatoms. The summed E-state index contributed by atoms with van der Waals surface area (Å²) in [7, 11) is 0. The molecular formula is C80H79Cl4FN26O12. The molecule has 14 aromatic heterocycles. The minimum Gasteiger partial charge on any atom is -0.444 e. The Morgan fingerprint density at radius 2 is 0.821 bits per heavy atom. The van der Waals surface area contributed by atoms with Gasteiger partial charge >= 0.3 is 12.2 Å². The van der Waals surface area contributed by atoms with E-state index in [-0.39, 0.29) is 84.2 Å². The number of aromatic nitrogens is 22. The molecule has 18 heterocycles. The third kappa shape index (κ3) is 18.9. The van der Waals surface area contributed by atoms with E-state index in [0.717, 1.165) is 49.7 Å². The largest absolute Gasteiger partial charge is 0.444 e. The number of carbonyl (C=O) groups is 2. The number of hydrogen-bond donors (Lipinski definition) is 2. The van der Waals surface area contributed by atoms with Crippen molar-refractivity contribution in [2.24, 2.45) is 47.3 Å². The number of nitrogens with zero attached hydrogens (tertiary/aromatic N) is 24. The topological polar surface area (TPSA) is 458 Å². The van der Waals surface area contributed by atoms with E-state index in [4.69, 9.17) is 62.4 Å². The summed E-state index contributed by atoms with van der Waals surface area (Å²) in [6, 6.07) is 20.1. The third-order valence-corrected chi connectivity index (χ3v) is 22.8. The monoisotopic (exact) mass is 1750 g/mol. The number of hydrogen-bond acceptors (Lipinski definition) is 32. The Morgan fingerprint density at radius 3 is 1.18 bits per heavy atom. The van der Waals surface area contributed by atoms with Gasteiger partial charge in [0, 0.05) is 116 Å². The fourth-order valence-corrected chi connectivity index (χ4v) is 16.6. The standard InChI is InChI=1S/C20H16ClN7O2.C20H22N6O4.C15H14N6O2.C13H18ClN3O3.C7H5N3O.C5H3ClFN.ClH/c21-11-3-5-23-16(6-11)27-8-13-14(9-27)18(13)19-25-17(30-26-19)10-28-20(29)12-2-1-4-22-15(12)7-24-28;1-20(2,3)29-19(28)25-8-12-13(9-25)16(12)17-23-15(30-24-17)10-26-18(27)11-5-4-6-21-14(11)7-22-26;22-15-8-2-1-3-17-11(8)6-18-21(15)7-12-19-14(20-23-12)13-9-4-16-5-10(9)13;1-13(2,3)19-12(18)17-5-7-8(6-17)10(7)11-15-9(4-14)20-16-11;11-7-5-2-1-3-8-6(5)4-9-10-7;6-4-1-2-8-5(7)3-4;/h1-7,13-14,18H,8-10H2;4-7,12-13,16H,8-10H2,1-3H3;1-3,6,9-10,13,16H,4-5,7H2;7-8,10H,4-6H2,1-3H3;1-4H,(H,10,11);1-3H;1H/t13-,14+,18?;12-,13+,16?;9-,10+,13?;7-,8+,10?;;;. The van der Waals surface area contributed by atoms with E-state index < -0.39 is 17.1 Å². The first kappa shape index (κ1) is 84.0. The van der Waals surface area contributed by atoms with Gasteiger partial charge in [0.1, 0.15) is 42.5 Å². The van der Waals surface area contributed by atoms with Gasteiger partial charge in [-0.15, -0.1) is 24.0 Å². The molecule has 8 fully saturated rings. The number of fused-ring (bicyclic) bond motifs is 8. The molecule has 12 atom stereocenters. The normalized spacial score (nSPS) is 22.0. The number of piperidine rings is 4. The smallest absolute Gasteiger partial charge is 0.410 e. The zero-order valence-corrected chi connectivity index (χ0v) is 69.8. The average molecular weight is 1760 g/mol. The van der Waals surface area contributed by atoms with Crippen molar-refractivity contribution in [1.82, 2.24) is 125 Å². The number of aromatic amines is 1. The second-order valence-corrected chi connectivity index (χ2v) is 33.6. The Labute approximate surface area is 717 Å². The van der Waals surface area contributed by atoms with Gasteiger partial charge in [0.2, 0.25) is 29.5 Å². The van der Waals surface area contributed by atoms with Gasteiger partial charge in [0.05, 0.1) is 68.4 Å². The minimum absolute atomic E-state index is 0. The number of H-pyrrole nitrogens is 1. The summed E-state index contributed by atoms with van der Waals surface area (Å²) in [5, 5.41) is 41.2. The van der Waals surface area contributed by atoms with Crippen LogP contribution in [0.15, 0.2) is 172 Å². The lowest BCUT2D eigenvalue weighted by molar-refractivity contribution is 0.0260. The quantitative estimate of drug-likeness (QED) is 0.0850. The van der Waals surface area contributed by atoms with E-state index in [9.17, 15) is 33.2 Å². The second-order valence-electron chi connectivity index (χ2n) is 32.5. The van der Waals surface area contributed by atoms with E-state index in [2.05, 4.69) is 106 Å². The fourth-order valence-electron chi connectivity index (χ4n) is 16.2. The van der Waals surface area contributed by atoms with Crippen molar-refractivity contribution in [3.63, 3.8) is 0 Å². The van der Waals surface area contributed by atoms with E-state index >= 15 is 0 Å². The number of pyridine rings is 6. The van der Waals surface area contributed by atoms with Crippen molar-refractivity contribution in [1.29, 1.82) is 0 Å². The lowest BCUT2D eigenvalue weighted by atomic mass is 10.2. The van der Waals surface area contributed by atoms with Gasteiger partial charge in [0.25, 0.3) is 22.2 Å². The Kier molecular flexibility index (Phi) is 24.0. The third-order valence-electron chi connectivity index (χ3n) is 22.1. The molecule has 38 nitrogen and oxygen atoms in total. The van der Waals surface area contributed by atoms with Crippen LogP contribution >= 0.6 is 47.2 Å². The molecule has 4 aliphatic carbocycles. The molecule has 4 saturated carbocycles. The number of ether oxygens (including phenoxy) is 2. The van der Waals surface area contributed by atoms with Crippen LogP contribution in [0.3, 0.4) is 0 Å². The molecule has 123 heavy (non-hydrogen) atoms. The van der Waals surface area contributed by atoms with Gasteiger partial charge < -0.3 is 47.6 Å². The maximum Gasteiger partial charge on any atom is 0.410 e. The number of nitrogens with one attached hydrogen (secondary N) is 2. The Balaban J connectivity index is 0.000000114. The molecule has 22 rings (SSSR count). The minimum atomic E-state index is -0.544. The van der Waals surface area contributed by atoms with Crippen molar-refractivity contribution < 1.29 is 41.5 Å². The number of anilines is 1. The highest BCUT2D eigenvalue weighted by molar-refractivity contribution is 6.31. The Hall–Kier alpha value is -12.6. The van der Waals surface area contributed by atoms with Gasteiger partial charge in [-0.2, -0.15) is 44.7 Å². The van der Waals surface area contributed by atoms with Crippen LogP contribution in [0.4, 0.5) is 19.8 Å². The highest BCUT2D eigenvalue weighted by Gasteiger charge is 2.62. The van der Waals surface area contributed by atoms with Crippen molar-refractivity contribution in [3.8, 4) is 0 Å². The number of likely N-dealkylation sites (tertiary alicyclic amines) is 2. The van der Waals surface area contributed by atoms with E-state index in [1.807, 2.05) is 47.6 Å². The van der Waals surface area contributed by atoms with Gasteiger partial charge in [-0.3, -0.25) is 39.1 Å². The summed E-state index contributed by atoms with van der Waals surface area (Å²) in [6.45, 7) is 18.1. The summed E-state index contributed by atoms with van der Waals surface area (Å²) in [5.74, 6) is 9.81. The number of alkyl halides is 1. The molecule has 4 unspecified atom stereocenters. The van der Waals surface area contributed by atoms with Crippen molar-refractivity contribution in [3.05, 3.63) is 239 Å². The highest BCUT2D eigenvalue weighted by atomic mass is 35.5. The number of halogens is 5. The maximum atomic E-state index is 12.6. The van der Waals surface area contributed by atoms with Gasteiger partial charge in [-0.25, -0.2) is 38.7 Å². The molecule has 0 radical (unpaired) electrons. The molecule has 14 aromatic rings. The molecular weight excluding hydrogens is 1680 g/mol. The first-order valence-electron chi connectivity index (χ1n) is 39.2. The van der Waals surface area contributed by atoms with Crippen LogP contribution in [-0.2, 0) is 35.0 Å². The van der Waals surface area contributed by atoms with Crippen LogP contribution in [0.25, 0.3) is 43.6 Å². The van der Waals surface area contributed by atoms with E-state index in [0.29, 0.717) is 174 Å². The number of carbonyl (C=O) groups excluding carboxylic acids is 2. The summed E-state index contributed by atoms with van der Waals surface area (Å²) in [5.41, 5.74) is 0.473. The highest BCUT2D eigenvalue weighted by Crippen LogP contribution is 2.60. The zero-order valence-electron chi connectivity index (χ0n) is 66.7. The van der Waals surface area contributed by atoms with Crippen LogP contribution < -0.4 is 32.5 Å². The molecule has 4 aliphatic heterocycles. The van der Waals surface area contributed by atoms with Crippen LogP contribution in [0, 0.1) is 53.3 Å². The second kappa shape index (κ2) is 35.1. The van der Waals surface area contributed by atoms with Crippen molar-refractivity contribution in [2.75, 3.05) is 57.3 Å². The summed E-state index contributed by atoms with van der Waals surface area (Å²) in [4.78, 5) is 120. The Bertz CT molecular complexity index is 6410. The fraction of sp³-hybridized carbons (Fsp3) is 0.400. The first-order valence-corrected chi connectivity index (χ1v) is 40.5. The van der Waals surface area contributed by atoms with E-state index in [1.165, 1.54) is 32.5 Å². The van der Waals surface area contributed by atoms with Crippen molar-refractivity contribution in [2.45, 2.75) is 102 Å². The molecule has 0 bridgehead atoms. The average Bonchev–Trinajstić information content (AvgIpc) is 1.58. The van der Waals surface area contributed by atoms with Crippen LogP contribution in [0.5, 0.6) is 0 Å². The van der Waals surface area contributed by atoms with Crippen LogP contribution in [0.1, 0.15) is 112 Å². The summed E-state index contributed by atoms with van der Waals surface area (Å²) >= 11 is 17.1. The predicted molar refractivity (Wildman–Crippen MR) is 441 cm³/mol.